The Morgan fingerprint density at radius 1 is 0.956 bits per heavy atom. The standard InChI is InChI=1S/C42H72O3/c1-15-34-28(5)27(4)29(6)37(44-34)45-35-23-32-33(43)22-31-30(40(32,12)24-25(35)2)17-20-42(14)36(18-21-41(31,42)13)39(10,11)26(3)16-19-38(7,8)9/h22,25-30,32,34-37H,15-21,23-24H2,1-14H3/t25-,26+,27?,28?,29?,30?,32-,34?,35+,36+,37?,40+,41-,42+/m0/s1. The minimum absolute atomic E-state index is 0.0190. The van der Waals surface area contributed by atoms with Gasteiger partial charge in [-0.3, -0.25) is 4.79 Å². The number of allylic oxidation sites excluding steroid dienone is 2. The molecule has 0 amide bonds. The highest BCUT2D eigenvalue weighted by Crippen LogP contribution is 2.74. The molecule has 1 aliphatic heterocycles. The number of carbonyl (C=O) groups excluding carboxylic acids is 1. The van der Waals surface area contributed by atoms with Crippen LogP contribution in [0, 0.1) is 74.4 Å². The fourth-order valence-electron chi connectivity index (χ4n) is 12.1. The van der Waals surface area contributed by atoms with E-state index in [1.165, 1.54) is 44.1 Å². The Labute approximate surface area is 278 Å². The van der Waals surface area contributed by atoms with Crippen LogP contribution in [0.1, 0.15) is 155 Å². The van der Waals surface area contributed by atoms with E-state index in [0.29, 0.717) is 52.6 Å². The molecule has 14 atom stereocenters. The maximum Gasteiger partial charge on any atom is 0.161 e. The van der Waals surface area contributed by atoms with E-state index in [1.807, 2.05) is 0 Å². The first-order valence-electron chi connectivity index (χ1n) is 19.3. The van der Waals surface area contributed by atoms with Crippen molar-refractivity contribution in [2.75, 3.05) is 0 Å². The molecule has 1 saturated heterocycles. The molecule has 0 aromatic rings. The summed E-state index contributed by atoms with van der Waals surface area (Å²) in [5.41, 5.74) is 2.56. The smallest absolute Gasteiger partial charge is 0.161 e. The zero-order valence-electron chi connectivity index (χ0n) is 32.0. The van der Waals surface area contributed by atoms with Crippen molar-refractivity contribution in [2.24, 2.45) is 74.4 Å². The minimum atomic E-state index is -0.165. The van der Waals surface area contributed by atoms with Gasteiger partial charge in [0.05, 0.1) is 12.2 Å². The van der Waals surface area contributed by atoms with Gasteiger partial charge in [0.1, 0.15) is 0 Å². The lowest BCUT2D eigenvalue weighted by atomic mass is 9.42. The van der Waals surface area contributed by atoms with Crippen LogP contribution in [0.15, 0.2) is 11.6 Å². The SMILES string of the molecule is CCC1OC(O[C@@H]2C[C@H]3C(=O)C=C4C(CC[C@]5(C)[C@@H](C(C)(C)[C@H](C)CCC(C)(C)C)CC[C@@]45C)[C@@]3(C)C[C@@H]2C)C(C)C(C)C1C. The summed E-state index contributed by atoms with van der Waals surface area (Å²) in [6.07, 6.45) is 13.0. The Bertz CT molecular complexity index is 1130. The summed E-state index contributed by atoms with van der Waals surface area (Å²) in [7, 11) is 0. The summed E-state index contributed by atoms with van der Waals surface area (Å²) in [5, 5.41) is 0. The highest BCUT2D eigenvalue weighted by atomic mass is 16.7. The Hall–Kier alpha value is -0.670. The highest BCUT2D eigenvalue weighted by Gasteiger charge is 2.66. The average Bonchev–Trinajstić information content (AvgIpc) is 3.24. The Morgan fingerprint density at radius 2 is 1.62 bits per heavy atom. The largest absolute Gasteiger partial charge is 0.349 e. The number of fused-ring (bicyclic) bond motifs is 5. The van der Waals surface area contributed by atoms with Gasteiger partial charge in [0.25, 0.3) is 0 Å². The zero-order valence-corrected chi connectivity index (χ0v) is 32.0. The van der Waals surface area contributed by atoms with Crippen molar-refractivity contribution in [1.29, 1.82) is 0 Å². The fourth-order valence-corrected chi connectivity index (χ4v) is 12.1. The molecule has 4 aliphatic carbocycles. The average molecular weight is 625 g/mol. The van der Waals surface area contributed by atoms with Crippen molar-refractivity contribution >= 4 is 5.78 Å². The molecule has 4 fully saturated rings. The maximum atomic E-state index is 14.3. The minimum Gasteiger partial charge on any atom is -0.349 e. The second kappa shape index (κ2) is 12.0. The molecule has 3 heteroatoms. The van der Waals surface area contributed by atoms with Crippen LogP contribution in [-0.4, -0.2) is 24.3 Å². The van der Waals surface area contributed by atoms with E-state index in [2.05, 4.69) is 103 Å². The Morgan fingerprint density at radius 3 is 2.24 bits per heavy atom. The third-order valence-corrected chi connectivity index (χ3v) is 16.2. The molecule has 45 heavy (non-hydrogen) atoms. The van der Waals surface area contributed by atoms with E-state index < -0.39 is 0 Å². The van der Waals surface area contributed by atoms with Crippen molar-refractivity contribution in [3.8, 4) is 0 Å². The molecular weight excluding hydrogens is 552 g/mol. The van der Waals surface area contributed by atoms with E-state index in [1.54, 1.807) is 0 Å². The monoisotopic (exact) mass is 625 g/mol. The van der Waals surface area contributed by atoms with Crippen LogP contribution < -0.4 is 0 Å². The molecule has 0 aromatic heterocycles. The van der Waals surface area contributed by atoms with Crippen LogP contribution in [0.4, 0.5) is 0 Å². The summed E-state index contributed by atoms with van der Waals surface area (Å²) in [6, 6.07) is 0. The van der Waals surface area contributed by atoms with Crippen molar-refractivity contribution in [2.45, 2.75) is 173 Å². The molecule has 0 bridgehead atoms. The lowest BCUT2D eigenvalue weighted by molar-refractivity contribution is -0.278. The van der Waals surface area contributed by atoms with Crippen LogP contribution in [0.5, 0.6) is 0 Å². The molecule has 0 aromatic carbocycles. The molecule has 6 unspecified atom stereocenters. The van der Waals surface area contributed by atoms with Gasteiger partial charge in [-0.1, -0.05) is 103 Å². The molecular formula is C42H72O3. The lowest BCUT2D eigenvalue weighted by Crippen LogP contribution is -2.58. The lowest BCUT2D eigenvalue weighted by Gasteiger charge is -2.62. The van der Waals surface area contributed by atoms with Gasteiger partial charge < -0.3 is 9.47 Å². The molecule has 258 valence electrons. The molecule has 1 heterocycles. The predicted molar refractivity (Wildman–Crippen MR) is 188 cm³/mol. The molecule has 3 saturated carbocycles. The molecule has 0 spiro atoms. The first kappa shape index (κ1) is 35.6. The number of hydrogen-bond donors (Lipinski definition) is 0. The first-order chi connectivity index (χ1) is 20.7. The van der Waals surface area contributed by atoms with Gasteiger partial charge >= 0.3 is 0 Å². The van der Waals surface area contributed by atoms with Crippen molar-refractivity contribution in [3.05, 3.63) is 11.6 Å². The molecule has 5 aliphatic rings. The number of hydrogen-bond acceptors (Lipinski definition) is 3. The van der Waals surface area contributed by atoms with Crippen LogP contribution in [0.25, 0.3) is 0 Å². The van der Waals surface area contributed by atoms with E-state index in [4.69, 9.17) is 9.47 Å². The third-order valence-electron chi connectivity index (χ3n) is 16.2. The van der Waals surface area contributed by atoms with Crippen LogP contribution in [0.2, 0.25) is 0 Å². The van der Waals surface area contributed by atoms with Crippen LogP contribution >= 0.6 is 0 Å². The highest BCUT2D eigenvalue weighted by molar-refractivity contribution is 5.94. The van der Waals surface area contributed by atoms with E-state index in [-0.39, 0.29) is 46.1 Å². The molecule has 3 nitrogen and oxygen atoms in total. The quantitative estimate of drug-likeness (QED) is 0.283. The maximum absolute atomic E-state index is 14.3. The van der Waals surface area contributed by atoms with Gasteiger partial charge in [-0.2, -0.15) is 0 Å². The van der Waals surface area contributed by atoms with Crippen molar-refractivity contribution in [3.63, 3.8) is 0 Å². The third kappa shape index (κ3) is 5.76. The Balaban J connectivity index is 1.37. The van der Waals surface area contributed by atoms with Gasteiger partial charge in [-0.25, -0.2) is 0 Å². The predicted octanol–water partition coefficient (Wildman–Crippen LogP) is 11.3. The van der Waals surface area contributed by atoms with Gasteiger partial charge in [0, 0.05) is 11.8 Å². The van der Waals surface area contributed by atoms with Gasteiger partial charge in [0.2, 0.25) is 0 Å². The number of rotatable bonds is 7. The summed E-state index contributed by atoms with van der Waals surface area (Å²) < 4.78 is 13.5. The fraction of sp³-hybridized carbons (Fsp3) is 0.929. The number of ketones is 1. The van der Waals surface area contributed by atoms with Gasteiger partial charge in [-0.05, 0) is 126 Å². The first-order valence-corrected chi connectivity index (χ1v) is 19.3. The molecule has 0 radical (unpaired) electrons. The van der Waals surface area contributed by atoms with Crippen LogP contribution in [0.3, 0.4) is 0 Å². The molecule has 5 rings (SSSR count). The second-order valence-corrected chi connectivity index (χ2v) is 19.9. The zero-order chi connectivity index (χ0) is 33.5. The van der Waals surface area contributed by atoms with E-state index >= 15 is 0 Å². The summed E-state index contributed by atoms with van der Waals surface area (Å²) in [4.78, 5) is 14.3. The van der Waals surface area contributed by atoms with E-state index in [0.717, 1.165) is 19.3 Å². The summed E-state index contributed by atoms with van der Waals surface area (Å²) >= 11 is 0. The summed E-state index contributed by atoms with van der Waals surface area (Å²) in [6.45, 7) is 34.2. The van der Waals surface area contributed by atoms with Crippen molar-refractivity contribution < 1.29 is 14.3 Å². The number of carbonyl (C=O) groups is 1. The van der Waals surface area contributed by atoms with Gasteiger partial charge in [0.15, 0.2) is 12.1 Å². The van der Waals surface area contributed by atoms with Crippen LogP contribution in [-0.2, 0) is 14.3 Å². The van der Waals surface area contributed by atoms with E-state index in [9.17, 15) is 4.79 Å². The normalized spacial score (nSPS) is 47.9. The molecule has 0 N–H and O–H groups in total. The van der Waals surface area contributed by atoms with Gasteiger partial charge in [-0.15, -0.1) is 0 Å². The number of ether oxygens (including phenoxy) is 2. The Kier molecular flexibility index (Phi) is 9.53. The summed E-state index contributed by atoms with van der Waals surface area (Å²) in [5.74, 6) is 4.23. The van der Waals surface area contributed by atoms with Crippen molar-refractivity contribution in [1.82, 2.24) is 0 Å². The second-order valence-electron chi connectivity index (χ2n) is 19.9. The topological polar surface area (TPSA) is 35.5 Å².